The van der Waals surface area contributed by atoms with E-state index < -0.39 is 7.60 Å². The molecule has 1 rings (SSSR count). The zero-order valence-electron chi connectivity index (χ0n) is 8.89. The summed E-state index contributed by atoms with van der Waals surface area (Å²) in [6, 6.07) is 7.48. The third-order valence-electron chi connectivity index (χ3n) is 2.23. The van der Waals surface area contributed by atoms with Crippen LogP contribution in [0.3, 0.4) is 0 Å². The van der Waals surface area contributed by atoms with Crippen LogP contribution >= 0.6 is 7.60 Å². The van der Waals surface area contributed by atoms with Gasteiger partial charge in [0.2, 0.25) is 0 Å². The van der Waals surface area contributed by atoms with Crippen molar-refractivity contribution in [3.63, 3.8) is 0 Å². The number of aryl methyl sites for hydroxylation is 1. The number of hydrogen-bond donors (Lipinski definition) is 2. The van der Waals surface area contributed by atoms with Crippen molar-refractivity contribution >= 4 is 7.60 Å². The summed E-state index contributed by atoms with van der Waals surface area (Å²) in [5, 5.41) is 0. The second kappa shape index (κ2) is 5.45. The molecule has 84 valence electrons. The van der Waals surface area contributed by atoms with E-state index in [0.717, 1.165) is 19.3 Å². The molecule has 0 aromatic heterocycles. The van der Waals surface area contributed by atoms with Crippen molar-refractivity contribution in [1.29, 1.82) is 0 Å². The van der Waals surface area contributed by atoms with Gasteiger partial charge >= 0.3 is 7.60 Å². The third kappa shape index (κ3) is 5.12. The first kappa shape index (κ1) is 12.4. The van der Waals surface area contributed by atoms with Crippen molar-refractivity contribution in [2.24, 2.45) is 0 Å². The average Bonchev–Trinajstić information content (AvgIpc) is 2.14. The van der Waals surface area contributed by atoms with Gasteiger partial charge in [-0.2, -0.15) is 0 Å². The fourth-order valence-corrected chi connectivity index (χ4v) is 2.12. The van der Waals surface area contributed by atoms with E-state index in [4.69, 9.17) is 9.79 Å². The minimum absolute atomic E-state index is 0.166. The highest BCUT2D eigenvalue weighted by molar-refractivity contribution is 7.50. The van der Waals surface area contributed by atoms with Gasteiger partial charge in [-0.1, -0.05) is 37.6 Å². The van der Waals surface area contributed by atoms with E-state index in [-0.39, 0.29) is 6.16 Å². The molecule has 2 N–H and O–H groups in total. The van der Waals surface area contributed by atoms with Crippen LogP contribution < -0.4 is 0 Å². The summed E-state index contributed by atoms with van der Waals surface area (Å²) < 4.78 is 10.8. The van der Waals surface area contributed by atoms with Gasteiger partial charge in [0, 0.05) is 0 Å². The van der Waals surface area contributed by atoms with Crippen LogP contribution in [0.15, 0.2) is 24.3 Å². The smallest absolute Gasteiger partial charge is 0.324 e. The minimum atomic E-state index is -3.92. The van der Waals surface area contributed by atoms with Gasteiger partial charge in [0.1, 0.15) is 0 Å². The zero-order valence-corrected chi connectivity index (χ0v) is 9.78. The molecule has 3 nitrogen and oxygen atoms in total. The molecule has 0 aliphatic rings. The molecule has 0 amide bonds. The van der Waals surface area contributed by atoms with Gasteiger partial charge in [0.25, 0.3) is 0 Å². The molecular formula is C11H17O3P. The molecule has 0 radical (unpaired) electrons. The second-order valence-corrected chi connectivity index (χ2v) is 5.39. The Balaban J connectivity index is 2.60. The lowest BCUT2D eigenvalue weighted by Gasteiger charge is -2.05. The quantitative estimate of drug-likeness (QED) is 0.762. The molecule has 15 heavy (non-hydrogen) atoms. The molecule has 0 fully saturated rings. The number of unbranched alkanes of at least 4 members (excludes halogenated alkanes) is 1. The van der Waals surface area contributed by atoms with Crippen LogP contribution in [0, 0.1) is 0 Å². The fraction of sp³-hybridized carbons (Fsp3) is 0.455. The fourth-order valence-electron chi connectivity index (χ4n) is 1.43. The second-order valence-electron chi connectivity index (χ2n) is 3.74. The molecule has 0 unspecified atom stereocenters. The molecule has 0 saturated carbocycles. The molecule has 4 heteroatoms. The molecule has 1 aromatic carbocycles. The highest BCUT2D eigenvalue weighted by atomic mass is 31.2. The lowest BCUT2D eigenvalue weighted by atomic mass is 10.1. The van der Waals surface area contributed by atoms with Gasteiger partial charge in [0.05, 0.1) is 6.16 Å². The van der Waals surface area contributed by atoms with Crippen LogP contribution in [0.5, 0.6) is 0 Å². The molecule has 0 heterocycles. The first-order chi connectivity index (χ1) is 7.01. The molecule has 0 aliphatic carbocycles. The summed E-state index contributed by atoms with van der Waals surface area (Å²) in [7, 11) is -3.92. The van der Waals surface area contributed by atoms with E-state index in [1.165, 1.54) is 5.56 Å². The maximum atomic E-state index is 10.8. The van der Waals surface area contributed by atoms with Gasteiger partial charge < -0.3 is 9.79 Å². The normalized spacial score (nSPS) is 11.7. The van der Waals surface area contributed by atoms with E-state index in [1.807, 2.05) is 12.1 Å². The zero-order chi connectivity index (χ0) is 11.3. The van der Waals surface area contributed by atoms with Gasteiger partial charge in [-0.15, -0.1) is 0 Å². The average molecular weight is 228 g/mol. The van der Waals surface area contributed by atoms with E-state index in [1.54, 1.807) is 12.1 Å². The Hall–Kier alpha value is -0.630. The maximum Gasteiger partial charge on any atom is 0.329 e. The summed E-state index contributed by atoms with van der Waals surface area (Å²) in [6.07, 6.45) is 3.18. The van der Waals surface area contributed by atoms with E-state index in [9.17, 15) is 4.57 Å². The predicted octanol–water partition coefficient (Wildman–Crippen LogP) is 2.71. The van der Waals surface area contributed by atoms with Gasteiger partial charge in [0.15, 0.2) is 0 Å². The van der Waals surface area contributed by atoms with Crippen molar-refractivity contribution < 1.29 is 14.4 Å². The van der Waals surface area contributed by atoms with Crippen molar-refractivity contribution in [3.8, 4) is 0 Å². The summed E-state index contributed by atoms with van der Waals surface area (Å²) in [6.45, 7) is 2.14. The number of benzene rings is 1. The van der Waals surface area contributed by atoms with Crippen molar-refractivity contribution in [2.45, 2.75) is 32.3 Å². The first-order valence-corrected chi connectivity index (χ1v) is 6.93. The molecule has 0 bridgehead atoms. The third-order valence-corrected chi connectivity index (χ3v) is 3.01. The molecule has 1 aromatic rings. The molecule has 0 spiro atoms. The summed E-state index contributed by atoms with van der Waals surface area (Å²) in [5.74, 6) is 0. The number of rotatable bonds is 5. The van der Waals surface area contributed by atoms with E-state index in [2.05, 4.69) is 6.92 Å². The highest BCUT2D eigenvalue weighted by Gasteiger charge is 2.13. The van der Waals surface area contributed by atoms with Crippen molar-refractivity contribution in [2.75, 3.05) is 0 Å². The predicted molar refractivity (Wildman–Crippen MR) is 60.8 cm³/mol. The first-order valence-electron chi connectivity index (χ1n) is 5.13. The monoisotopic (exact) mass is 228 g/mol. The molecule has 0 aliphatic heterocycles. The van der Waals surface area contributed by atoms with Crippen molar-refractivity contribution in [1.82, 2.24) is 0 Å². The van der Waals surface area contributed by atoms with E-state index in [0.29, 0.717) is 5.56 Å². The van der Waals surface area contributed by atoms with Crippen LogP contribution in [-0.2, 0) is 17.1 Å². The molecular weight excluding hydrogens is 211 g/mol. The van der Waals surface area contributed by atoms with Crippen LogP contribution in [0.25, 0.3) is 0 Å². The Morgan fingerprint density at radius 1 is 1.13 bits per heavy atom. The van der Waals surface area contributed by atoms with Crippen LogP contribution in [0.4, 0.5) is 0 Å². The summed E-state index contributed by atoms with van der Waals surface area (Å²) >= 11 is 0. The van der Waals surface area contributed by atoms with Crippen LogP contribution in [0.1, 0.15) is 30.9 Å². The largest absolute Gasteiger partial charge is 0.329 e. The Labute approximate surface area is 90.3 Å². The minimum Gasteiger partial charge on any atom is -0.324 e. The lowest BCUT2D eigenvalue weighted by molar-refractivity contribution is 0.371. The Kier molecular flexibility index (Phi) is 4.52. The molecule has 0 saturated heterocycles. The topological polar surface area (TPSA) is 57.5 Å². The summed E-state index contributed by atoms with van der Waals surface area (Å²) in [4.78, 5) is 17.6. The Morgan fingerprint density at radius 3 is 2.13 bits per heavy atom. The highest BCUT2D eigenvalue weighted by Crippen LogP contribution is 2.38. The standard InChI is InChI=1S/C11H17O3P/c1-2-3-4-10-5-7-11(8-6-10)9-15(12,13)14/h5-8H,2-4,9H2,1H3,(H2,12,13,14). The van der Waals surface area contributed by atoms with Crippen molar-refractivity contribution in [3.05, 3.63) is 35.4 Å². The SMILES string of the molecule is CCCCc1ccc(CP(=O)(O)O)cc1. The Bertz CT molecular complexity index is 339. The van der Waals surface area contributed by atoms with Crippen LogP contribution in [-0.4, -0.2) is 9.79 Å². The van der Waals surface area contributed by atoms with Crippen LogP contribution in [0.2, 0.25) is 0 Å². The maximum absolute atomic E-state index is 10.8. The summed E-state index contributed by atoms with van der Waals surface area (Å²) in [5.41, 5.74) is 1.93. The van der Waals surface area contributed by atoms with Gasteiger partial charge in [-0.25, -0.2) is 0 Å². The molecule has 0 atom stereocenters. The Morgan fingerprint density at radius 2 is 1.67 bits per heavy atom. The van der Waals surface area contributed by atoms with Gasteiger partial charge in [-0.3, -0.25) is 4.57 Å². The van der Waals surface area contributed by atoms with E-state index >= 15 is 0 Å². The lowest BCUT2D eigenvalue weighted by Crippen LogP contribution is -1.89. The number of hydrogen-bond acceptors (Lipinski definition) is 1. The van der Waals surface area contributed by atoms with Gasteiger partial charge in [-0.05, 0) is 24.0 Å².